The molecule has 0 aliphatic carbocycles. The van der Waals surface area contributed by atoms with Gasteiger partial charge < -0.3 is 15.0 Å². The first-order chi connectivity index (χ1) is 9.25. The quantitative estimate of drug-likeness (QED) is 0.841. The maximum Gasteiger partial charge on any atom is 0.242 e. The molecule has 0 radical (unpaired) electrons. The van der Waals surface area contributed by atoms with Crippen LogP contribution < -0.4 is 5.32 Å². The smallest absolute Gasteiger partial charge is 0.242 e. The maximum atomic E-state index is 12.4. The molecule has 4 nitrogen and oxygen atoms in total. The molecule has 0 bridgehead atoms. The normalized spacial score (nSPS) is 23.0. The summed E-state index contributed by atoms with van der Waals surface area (Å²) in [4.78, 5) is 14.3. The van der Waals surface area contributed by atoms with E-state index in [2.05, 4.69) is 5.32 Å². The van der Waals surface area contributed by atoms with Gasteiger partial charge in [0.25, 0.3) is 0 Å². The number of amides is 1. The molecule has 1 amide bonds. The van der Waals surface area contributed by atoms with E-state index in [1.807, 2.05) is 23.1 Å². The minimum absolute atomic E-state index is 0.130. The molecule has 5 heteroatoms. The van der Waals surface area contributed by atoms with Gasteiger partial charge in [0.05, 0.1) is 13.2 Å². The third kappa shape index (κ3) is 2.61. The second-order valence-corrected chi connectivity index (χ2v) is 5.38. The first-order valence-corrected chi connectivity index (χ1v) is 6.99. The van der Waals surface area contributed by atoms with Crippen molar-refractivity contribution in [2.45, 2.75) is 19.0 Å². The predicted octanol–water partition coefficient (Wildman–Crippen LogP) is 1.21. The molecule has 0 spiro atoms. The molecule has 2 heterocycles. The number of halogens is 1. The molecule has 2 aliphatic rings. The van der Waals surface area contributed by atoms with Gasteiger partial charge in [-0.15, -0.1) is 0 Å². The second-order valence-electron chi connectivity index (χ2n) is 4.97. The summed E-state index contributed by atoms with van der Waals surface area (Å²) in [7, 11) is 0. The molecule has 1 saturated heterocycles. The van der Waals surface area contributed by atoms with Gasteiger partial charge in [-0.25, -0.2) is 0 Å². The average molecular weight is 281 g/mol. The SMILES string of the molecule is O=C(C1COCCN1)N1CCc2c(Cl)cccc2C1. The van der Waals surface area contributed by atoms with Crippen LogP contribution in [0.25, 0.3) is 0 Å². The molecule has 19 heavy (non-hydrogen) atoms. The maximum absolute atomic E-state index is 12.4. The first kappa shape index (κ1) is 12.9. The van der Waals surface area contributed by atoms with Gasteiger partial charge in [-0.3, -0.25) is 4.79 Å². The Morgan fingerprint density at radius 3 is 3.16 bits per heavy atom. The predicted molar refractivity (Wildman–Crippen MR) is 73.2 cm³/mol. The molecule has 0 saturated carbocycles. The summed E-state index contributed by atoms with van der Waals surface area (Å²) in [6.45, 7) is 3.27. The van der Waals surface area contributed by atoms with Crippen LogP contribution >= 0.6 is 11.6 Å². The zero-order valence-corrected chi connectivity index (χ0v) is 11.4. The van der Waals surface area contributed by atoms with Gasteiger partial charge in [0.1, 0.15) is 6.04 Å². The van der Waals surface area contributed by atoms with Crippen molar-refractivity contribution in [3.8, 4) is 0 Å². The van der Waals surface area contributed by atoms with Gasteiger partial charge in [0.2, 0.25) is 5.91 Å². The molecule has 1 N–H and O–H groups in total. The number of hydrogen-bond acceptors (Lipinski definition) is 3. The van der Waals surface area contributed by atoms with Crippen molar-refractivity contribution in [3.63, 3.8) is 0 Å². The summed E-state index contributed by atoms with van der Waals surface area (Å²) in [6, 6.07) is 5.70. The average Bonchev–Trinajstić information content (AvgIpc) is 2.47. The van der Waals surface area contributed by atoms with E-state index in [0.717, 1.165) is 30.1 Å². The Kier molecular flexibility index (Phi) is 3.73. The highest BCUT2D eigenvalue weighted by Crippen LogP contribution is 2.26. The van der Waals surface area contributed by atoms with E-state index in [1.165, 1.54) is 5.56 Å². The highest BCUT2D eigenvalue weighted by atomic mass is 35.5. The summed E-state index contributed by atoms with van der Waals surface area (Å²) in [5, 5.41) is 4.02. The summed E-state index contributed by atoms with van der Waals surface area (Å²) in [6.07, 6.45) is 0.828. The number of fused-ring (bicyclic) bond motifs is 1. The number of rotatable bonds is 1. The molecule has 3 rings (SSSR count). The zero-order chi connectivity index (χ0) is 13.2. The second kappa shape index (κ2) is 5.49. The van der Waals surface area contributed by atoms with Crippen molar-refractivity contribution in [1.82, 2.24) is 10.2 Å². The van der Waals surface area contributed by atoms with Gasteiger partial charge >= 0.3 is 0 Å². The molecule has 1 fully saturated rings. The van der Waals surface area contributed by atoms with Gasteiger partial charge in [0, 0.05) is 24.7 Å². The topological polar surface area (TPSA) is 41.6 Å². The summed E-state index contributed by atoms with van der Waals surface area (Å²) in [5.41, 5.74) is 2.34. The lowest BCUT2D eigenvalue weighted by Crippen LogP contribution is -2.53. The van der Waals surface area contributed by atoms with Crippen LogP contribution in [0.15, 0.2) is 18.2 Å². The highest BCUT2D eigenvalue weighted by molar-refractivity contribution is 6.31. The van der Waals surface area contributed by atoms with E-state index in [0.29, 0.717) is 19.8 Å². The van der Waals surface area contributed by atoms with Crippen LogP contribution in [-0.2, 0) is 22.5 Å². The van der Waals surface area contributed by atoms with Crippen LogP contribution in [0.3, 0.4) is 0 Å². The van der Waals surface area contributed by atoms with E-state index >= 15 is 0 Å². The molecule has 1 atom stereocenters. The first-order valence-electron chi connectivity index (χ1n) is 6.62. The number of carbonyl (C=O) groups is 1. The van der Waals surface area contributed by atoms with Gasteiger partial charge in [0.15, 0.2) is 0 Å². The Morgan fingerprint density at radius 2 is 2.37 bits per heavy atom. The Bertz CT molecular complexity index is 486. The highest BCUT2D eigenvalue weighted by Gasteiger charge is 2.29. The van der Waals surface area contributed by atoms with Crippen LogP contribution in [-0.4, -0.2) is 43.2 Å². The van der Waals surface area contributed by atoms with E-state index in [4.69, 9.17) is 16.3 Å². The van der Waals surface area contributed by atoms with E-state index < -0.39 is 0 Å². The van der Waals surface area contributed by atoms with E-state index in [9.17, 15) is 4.79 Å². The summed E-state index contributed by atoms with van der Waals surface area (Å²) < 4.78 is 5.35. The molecule has 2 aliphatic heterocycles. The van der Waals surface area contributed by atoms with Crippen molar-refractivity contribution in [2.24, 2.45) is 0 Å². The number of carbonyl (C=O) groups excluding carboxylic acids is 1. The van der Waals surface area contributed by atoms with Gasteiger partial charge in [-0.05, 0) is 23.6 Å². The van der Waals surface area contributed by atoms with Gasteiger partial charge in [-0.2, -0.15) is 0 Å². The molecule has 1 aromatic carbocycles. The largest absolute Gasteiger partial charge is 0.378 e. The number of benzene rings is 1. The van der Waals surface area contributed by atoms with Crippen LogP contribution in [0, 0.1) is 0 Å². The van der Waals surface area contributed by atoms with Crippen LogP contribution in [0.4, 0.5) is 0 Å². The Labute approximate surface area is 117 Å². The number of nitrogens with one attached hydrogen (secondary N) is 1. The molecular formula is C14H17ClN2O2. The van der Waals surface area contributed by atoms with Crippen molar-refractivity contribution in [2.75, 3.05) is 26.3 Å². The fraction of sp³-hybridized carbons (Fsp3) is 0.500. The van der Waals surface area contributed by atoms with E-state index in [-0.39, 0.29) is 11.9 Å². The lowest BCUT2D eigenvalue weighted by molar-refractivity contribution is -0.137. The number of nitrogens with zero attached hydrogens (tertiary/aromatic N) is 1. The third-order valence-corrected chi connectivity index (χ3v) is 4.09. The standard InChI is InChI=1S/C14H17ClN2O2/c15-12-3-1-2-10-8-17(6-4-11(10)12)14(18)13-9-19-7-5-16-13/h1-3,13,16H,4-9H2. The number of hydrogen-bond donors (Lipinski definition) is 1. The molecule has 102 valence electrons. The summed E-state index contributed by atoms with van der Waals surface area (Å²) >= 11 is 6.18. The third-order valence-electron chi connectivity index (χ3n) is 3.74. The zero-order valence-electron chi connectivity index (χ0n) is 10.7. The Hall–Kier alpha value is -1.10. The van der Waals surface area contributed by atoms with Crippen molar-refractivity contribution in [1.29, 1.82) is 0 Å². The van der Waals surface area contributed by atoms with Crippen LogP contribution in [0.2, 0.25) is 5.02 Å². The summed E-state index contributed by atoms with van der Waals surface area (Å²) in [5.74, 6) is 0.130. The number of morpholine rings is 1. The van der Waals surface area contributed by atoms with E-state index in [1.54, 1.807) is 0 Å². The molecule has 1 aromatic rings. The van der Waals surface area contributed by atoms with Crippen molar-refractivity contribution >= 4 is 17.5 Å². The molecule has 0 aromatic heterocycles. The van der Waals surface area contributed by atoms with Crippen LogP contribution in [0.5, 0.6) is 0 Å². The minimum Gasteiger partial charge on any atom is -0.378 e. The van der Waals surface area contributed by atoms with Crippen molar-refractivity contribution < 1.29 is 9.53 Å². The Morgan fingerprint density at radius 1 is 1.47 bits per heavy atom. The monoisotopic (exact) mass is 280 g/mol. The molecular weight excluding hydrogens is 264 g/mol. The fourth-order valence-electron chi connectivity index (χ4n) is 2.70. The Balaban J connectivity index is 1.73. The lowest BCUT2D eigenvalue weighted by Gasteiger charge is -2.33. The fourth-order valence-corrected chi connectivity index (χ4v) is 2.98. The van der Waals surface area contributed by atoms with Crippen molar-refractivity contribution in [3.05, 3.63) is 34.3 Å². The number of ether oxygens (including phenoxy) is 1. The minimum atomic E-state index is -0.200. The molecule has 1 unspecified atom stereocenters. The van der Waals surface area contributed by atoms with Crippen LogP contribution in [0.1, 0.15) is 11.1 Å². The van der Waals surface area contributed by atoms with Gasteiger partial charge in [-0.1, -0.05) is 23.7 Å². The lowest BCUT2D eigenvalue weighted by atomic mass is 9.99.